The number of benzene rings is 2. The van der Waals surface area contributed by atoms with Crippen molar-refractivity contribution in [2.45, 2.75) is 20.0 Å². The molecule has 3 aromatic heterocycles. The summed E-state index contributed by atoms with van der Waals surface area (Å²) >= 11 is 0. The molecule has 35 heavy (non-hydrogen) atoms. The first-order chi connectivity index (χ1) is 17.0. The Labute approximate surface area is 200 Å². The third-order valence-electron chi connectivity index (χ3n) is 5.59. The van der Waals surface area contributed by atoms with Crippen LogP contribution in [0.5, 0.6) is 17.2 Å². The van der Waals surface area contributed by atoms with Gasteiger partial charge in [0.15, 0.2) is 17.2 Å². The van der Waals surface area contributed by atoms with Crippen LogP contribution in [0.25, 0.3) is 28.1 Å². The van der Waals surface area contributed by atoms with Gasteiger partial charge in [0.1, 0.15) is 17.2 Å². The van der Waals surface area contributed by atoms with Crippen molar-refractivity contribution in [2.75, 3.05) is 26.6 Å². The number of aromatic nitrogens is 6. The van der Waals surface area contributed by atoms with Gasteiger partial charge >= 0.3 is 0 Å². The quantitative estimate of drug-likeness (QED) is 0.362. The molecule has 0 atom stereocenters. The van der Waals surface area contributed by atoms with Gasteiger partial charge in [0.25, 0.3) is 0 Å². The highest BCUT2D eigenvalue weighted by Gasteiger charge is 2.19. The van der Waals surface area contributed by atoms with Gasteiger partial charge in [-0.25, -0.2) is 14.4 Å². The molecule has 0 fully saturated rings. The molecule has 0 unspecified atom stereocenters. The molecule has 0 bridgehead atoms. The number of rotatable bonds is 8. The van der Waals surface area contributed by atoms with Crippen LogP contribution in [0.15, 0.2) is 36.5 Å². The van der Waals surface area contributed by atoms with Gasteiger partial charge in [-0.1, -0.05) is 0 Å². The first-order valence-electron chi connectivity index (χ1n) is 10.9. The van der Waals surface area contributed by atoms with Crippen LogP contribution in [-0.2, 0) is 13.1 Å². The molecule has 1 radical (unpaired) electrons. The lowest BCUT2D eigenvalue weighted by Crippen LogP contribution is -2.09. The topological polar surface area (TPSA) is 101 Å². The van der Waals surface area contributed by atoms with Gasteiger partial charge in [-0.15, -0.1) is 5.10 Å². The second-order valence-corrected chi connectivity index (χ2v) is 7.62. The van der Waals surface area contributed by atoms with E-state index in [1.807, 2.05) is 25.1 Å². The number of anilines is 1. The molecular weight excluding hydrogens is 453 g/mol. The van der Waals surface area contributed by atoms with Crippen molar-refractivity contribution >= 4 is 22.5 Å². The SMILES string of the molecule is CCn1c[c]c(-c2nc3c4cc(F)c(OC)cc4nc(NCc4ccc(OC)cc4OC)n3n2)n1. The standard InChI is InChI=1S/C24H23FN7O3/c1-5-31-9-8-18(29-31)22-28-23-16-11-17(25)21(35-4)12-19(16)27-24(32(23)30-22)26-13-14-6-7-15(33-2)10-20(14)34-3/h6-7,9-12H,5,13H2,1-4H3,(H,26,27). The molecule has 2 aromatic carbocycles. The van der Waals surface area contributed by atoms with Crippen molar-refractivity contribution in [1.29, 1.82) is 0 Å². The van der Waals surface area contributed by atoms with E-state index in [0.29, 0.717) is 58.6 Å². The average molecular weight is 476 g/mol. The molecule has 0 saturated heterocycles. The second-order valence-electron chi connectivity index (χ2n) is 7.62. The Morgan fingerprint density at radius 3 is 2.54 bits per heavy atom. The smallest absolute Gasteiger partial charge is 0.226 e. The van der Waals surface area contributed by atoms with Crippen LogP contribution in [0.3, 0.4) is 0 Å². The van der Waals surface area contributed by atoms with Crippen LogP contribution in [-0.4, -0.2) is 50.7 Å². The zero-order chi connectivity index (χ0) is 24.5. The summed E-state index contributed by atoms with van der Waals surface area (Å²) in [4.78, 5) is 9.33. The Morgan fingerprint density at radius 1 is 1.00 bits per heavy atom. The van der Waals surface area contributed by atoms with Gasteiger partial charge < -0.3 is 19.5 Å². The van der Waals surface area contributed by atoms with Crippen LogP contribution in [0.1, 0.15) is 12.5 Å². The largest absolute Gasteiger partial charge is 0.497 e. The molecule has 5 aromatic rings. The molecule has 179 valence electrons. The summed E-state index contributed by atoms with van der Waals surface area (Å²) in [6, 6.07) is 11.5. The van der Waals surface area contributed by atoms with E-state index in [2.05, 4.69) is 31.5 Å². The number of aryl methyl sites for hydroxylation is 1. The van der Waals surface area contributed by atoms with Gasteiger partial charge in [0.05, 0.1) is 26.8 Å². The summed E-state index contributed by atoms with van der Waals surface area (Å²) < 4.78 is 33.8. The molecule has 0 aliphatic heterocycles. The second kappa shape index (κ2) is 9.09. The van der Waals surface area contributed by atoms with Crippen molar-refractivity contribution in [2.24, 2.45) is 0 Å². The van der Waals surface area contributed by atoms with E-state index in [0.717, 1.165) is 5.56 Å². The fraction of sp³-hybridized carbons (Fsp3) is 0.250. The summed E-state index contributed by atoms with van der Waals surface area (Å²) in [6.45, 7) is 3.05. The molecule has 5 rings (SSSR count). The highest BCUT2D eigenvalue weighted by atomic mass is 19.1. The van der Waals surface area contributed by atoms with Gasteiger partial charge in [-0.3, -0.25) is 4.68 Å². The van der Waals surface area contributed by atoms with E-state index in [4.69, 9.17) is 14.2 Å². The van der Waals surface area contributed by atoms with E-state index < -0.39 is 5.82 Å². The van der Waals surface area contributed by atoms with Gasteiger partial charge in [0, 0.05) is 48.4 Å². The number of methoxy groups -OCH3 is 3. The Morgan fingerprint density at radius 2 is 1.83 bits per heavy atom. The molecule has 3 heterocycles. The average Bonchev–Trinajstić information content (AvgIpc) is 3.54. The lowest BCUT2D eigenvalue weighted by atomic mass is 10.2. The van der Waals surface area contributed by atoms with E-state index in [1.54, 1.807) is 29.6 Å². The highest BCUT2D eigenvalue weighted by molar-refractivity contribution is 5.93. The van der Waals surface area contributed by atoms with Crippen molar-refractivity contribution in [3.8, 4) is 28.8 Å². The predicted octanol–water partition coefficient (Wildman–Crippen LogP) is 3.74. The maximum Gasteiger partial charge on any atom is 0.226 e. The fourth-order valence-electron chi connectivity index (χ4n) is 3.75. The van der Waals surface area contributed by atoms with E-state index in [9.17, 15) is 4.39 Å². The van der Waals surface area contributed by atoms with E-state index >= 15 is 0 Å². The molecule has 0 spiro atoms. The summed E-state index contributed by atoms with van der Waals surface area (Å²) in [7, 11) is 4.61. The van der Waals surface area contributed by atoms with Crippen molar-refractivity contribution in [3.05, 3.63) is 54.0 Å². The number of hydrogen-bond acceptors (Lipinski definition) is 8. The van der Waals surface area contributed by atoms with Gasteiger partial charge in [0.2, 0.25) is 11.8 Å². The molecule has 0 amide bonds. The minimum atomic E-state index is -0.515. The third-order valence-corrected chi connectivity index (χ3v) is 5.59. The Kier molecular flexibility index (Phi) is 5.81. The molecular formula is C24H23FN7O3. The highest BCUT2D eigenvalue weighted by Crippen LogP contribution is 2.30. The third kappa shape index (κ3) is 4.05. The van der Waals surface area contributed by atoms with Crippen molar-refractivity contribution in [1.82, 2.24) is 29.4 Å². The Bertz CT molecular complexity index is 1530. The summed E-state index contributed by atoms with van der Waals surface area (Å²) in [5, 5.41) is 12.8. The summed E-state index contributed by atoms with van der Waals surface area (Å²) in [6.07, 6.45) is 1.73. The molecule has 10 nitrogen and oxygen atoms in total. The summed E-state index contributed by atoms with van der Waals surface area (Å²) in [5.74, 6) is 1.69. The predicted molar refractivity (Wildman–Crippen MR) is 127 cm³/mol. The van der Waals surface area contributed by atoms with E-state index in [-0.39, 0.29) is 5.75 Å². The van der Waals surface area contributed by atoms with Crippen LogP contribution >= 0.6 is 0 Å². The zero-order valence-electron chi connectivity index (χ0n) is 19.7. The summed E-state index contributed by atoms with van der Waals surface area (Å²) in [5.41, 5.74) is 2.30. The van der Waals surface area contributed by atoms with Crippen LogP contribution < -0.4 is 19.5 Å². The number of fused-ring (bicyclic) bond motifs is 3. The normalized spacial score (nSPS) is 11.2. The first kappa shape index (κ1) is 22.4. The van der Waals surface area contributed by atoms with Gasteiger partial charge in [-0.05, 0) is 25.1 Å². The van der Waals surface area contributed by atoms with Crippen LogP contribution in [0.4, 0.5) is 10.3 Å². The molecule has 0 aliphatic carbocycles. The van der Waals surface area contributed by atoms with Crippen LogP contribution in [0, 0.1) is 11.9 Å². The fourth-order valence-corrected chi connectivity index (χ4v) is 3.75. The number of halogens is 1. The zero-order valence-corrected chi connectivity index (χ0v) is 19.7. The van der Waals surface area contributed by atoms with E-state index in [1.165, 1.54) is 19.2 Å². The maximum atomic E-state index is 14.6. The monoisotopic (exact) mass is 476 g/mol. The lowest BCUT2D eigenvalue weighted by molar-refractivity contribution is 0.387. The van der Waals surface area contributed by atoms with Gasteiger partial charge in [-0.2, -0.15) is 9.61 Å². The number of hydrogen-bond donors (Lipinski definition) is 1. The lowest BCUT2D eigenvalue weighted by Gasteiger charge is -2.13. The molecule has 0 aliphatic rings. The van der Waals surface area contributed by atoms with Crippen LogP contribution in [0.2, 0.25) is 0 Å². The van der Waals surface area contributed by atoms with Crippen molar-refractivity contribution in [3.63, 3.8) is 0 Å². The molecule has 0 saturated carbocycles. The Balaban J connectivity index is 1.63. The number of ether oxygens (including phenoxy) is 3. The Hall–Kier alpha value is -4.41. The number of nitrogens with zero attached hydrogens (tertiary/aromatic N) is 6. The number of nitrogens with one attached hydrogen (secondary N) is 1. The first-order valence-corrected chi connectivity index (χ1v) is 10.9. The molecule has 11 heteroatoms. The van der Waals surface area contributed by atoms with Crippen molar-refractivity contribution < 1.29 is 18.6 Å². The minimum Gasteiger partial charge on any atom is -0.497 e. The molecule has 1 N–H and O–H groups in total. The minimum absolute atomic E-state index is 0.0897. The maximum absolute atomic E-state index is 14.6.